The second-order valence-corrected chi connectivity index (χ2v) is 12.5. The maximum absolute atomic E-state index is 14.1. The molecule has 224 valence electrons. The molecule has 5 rings (SSSR count). The van der Waals surface area contributed by atoms with Crippen molar-refractivity contribution in [1.29, 1.82) is 0 Å². The average Bonchev–Trinajstić information content (AvgIpc) is 3.00. The van der Waals surface area contributed by atoms with Gasteiger partial charge in [-0.05, 0) is 125 Å². The van der Waals surface area contributed by atoms with Gasteiger partial charge < -0.3 is 19.5 Å². The van der Waals surface area contributed by atoms with E-state index in [0.29, 0.717) is 30.6 Å². The second-order valence-electron chi connectivity index (χ2n) is 12.5. The lowest BCUT2D eigenvalue weighted by Gasteiger charge is -2.36. The van der Waals surface area contributed by atoms with Crippen LogP contribution in [0.2, 0.25) is 0 Å². The Labute approximate surface area is 251 Å². The first-order valence-corrected chi connectivity index (χ1v) is 15.7. The number of methoxy groups -OCH3 is 1. The van der Waals surface area contributed by atoms with Gasteiger partial charge in [-0.1, -0.05) is 24.3 Å². The minimum atomic E-state index is -0.280. The van der Waals surface area contributed by atoms with Gasteiger partial charge in [-0.2, -0.15) is 0 Å². The molecule has 0 radical (unpaired) electrons. The van der Waals surface area contributed by atoms with E-state index in [-0.39, 0.29) is 24.0 Å². The zero-order valence-electron chi connectivity index (χ0n) is 25.6. The Morgan fingerprint density at radius 3 is 2.36 bits per heavy atom. The van der Waals surface area contributed by atoms with E-state index >= 15 is 0 Å². The number of carbonyl (C=O) groups excluding carboxylic acids is 1. The molecule has 0 saturated heterocycles. The first-order valence-electron chi connectivity index (χ1n) is 15.7. The molecule has 0 atom stereocenters. The Hall–Kier alpha value is -3.38. The number of rotatable bonds is 9. The van der Waals surface area contributed by atoms with Gasteiger partial charge >= 0.3 is 0 Å². The van der Waals surface area contributed by atoms with Crippen LogP contribution in [-0.4, -0.2) is 41.9 Å². The zero-order valence-corrected chi connectivity index (χ0v) is 25.6. The molecule has 1 amide bonds. The van der Waals surface area contributed by atoms with E-state index in [0.717, 1.165) is 67.6 Å². The number of aliphatic hydroxyl groups excluding tert-OH is 1. The van der Waals surface area contributed by atoms with Crippen LogP contribution in [0.3, 0.4) is 0 Å². The molecular weight excluding hydrogens is 524 g/mol. The fraction of sp³-hybridized carbons (Fsp3) is 0.500. The third kappa shape index (κ3) is 7.33. The predicted octanol–water partition coefficient (Wildman–Crippen LogP) is 7.71. The maximum Gasteiger partial charge on any atom is 0.230 e. The molecule has 1 heterocycles. The molecule has 2 aliphatic rings. The number of anilines is 1. The highest BCUT2D eigenvalue weighted by atomic mass is 16.5. The van der Waals surface area contributed by atoms with Crippen LogP contribution in [0.5, 0.6) is 11.6 Å². The van der Waals surface area contributed by atoms with E-state index in [2.05, 4.69) is 53.2 Å². The Kier molecular flexibility index (Phi) is 9.84. The lowest BCUT2D eigenvalue weighted by Crippen LogP contribution is -2.41. The summed E-state index contributed by atoms with van der Waals surface area (Å²) < 4.78 is 11.2. The van der Waals surface area contributed by atoms with Crippen molar-refractivity contribution in [3.63, 3.8) is 0 Å². The summed E-state index contributed by atoms with van der Waals surface area (Å²) in [4.78, 5) is 20.6. The summed E-state index contributed by atoms with van der Waals surface area (Å²) in [6.45, 7) is 6.82. The number of benzene rings is 2. The molecule has 0 bridgehead atoms. The fourth-order valence-electron chi connectivity index (χ4n) is 6.67. The average molecular weight is 571 g/mol. The smallest absolute Gasteiger partial charge is 0.230 e. The third-order valence-corrected chi connectivity index (χ3v) is 9.07. The van der Waals surface area contributed by atoms with Gasteiger partial charge in [-0.15, -0.1) is 0 Å². The van der Waals surface area contributed by atoms with Crippen molar-refractivity contribution in [1.82, 2.24) is 4.98 Å². The molecule has 6 heteroatoms. The van der Waals surface area contributed by atoms with E-state index in [4.69, 9.17) is 9.47 Å². The van der Waals surface area contributed by atoms with Gasteiger partial charge in [0.1, 0.15) is 5.75 Å². The standard InChI is InChI=1S/C36H46N2O4/c1-24(2)42-35-19-15-31(22-37-35)29-6-5-7-32(21-29)38(36(40)28-12-16-33(39)17-13-28)23-26-8-10-27(11-9-26)30-14-18-34(41-4)25(3)20-30/h5-7,14-15,18-22,24,26-28,33,39H,8-13,16-17,23H2,1-4H3. The SMILES string of the molecule is COc1ccc(C2CCC(CN(C(=O)C3CCC(O)CC3)c3cccc(-c4ccc(OC(C)C)nc4)c3)CC2)cc1C. The first-order chi connectivity index (χ1) is 20.3. The van der Waals surface area contributed by atoms with Gasteiger partial charge in [-0.25, -0.2) is 4.98 Å². The minimum Gasteiger partial charge on any atom is -0.496 e. The normalized spacial score (nSPS) is 22.5. The van der Waals surface area contributed by atoms with Gasteiger partial charge in [0.05, 0.1) is 19.3 Å². The lowest BCUT2D eigenvalue weighted by atomic mass is 9.78. The van der Waals surface area contributed by atoms with Crippen molar-refractivity contribution in [2.75, 3.05) is 18.6 Å². The molecule has 2 fully saturated rings. The molecule has 1 N–H and O–H groups in total. The van der Waals surface area contributed by atoms with E-state index in [1.807, 2.05) is 38.2 Å². The maximum atomic E-state index is 14.1. The van der Waals surface area contributed by atoms with Crippen LogP contribution in [0.1, 0.15) is 82.3 Å². The molecule has 42 heavy (non-hydrogen) atoms. The van der Waals surface area contributed by atoms with Gasteiger partial charge in [-0.3, -0.25) is 4.79 Å². The summed E-state index contributed by atoms with van der Waals surface area (Å²) in [7, 11) is 1.72. The van der Waals surface area contributed by atoms with E-state index in [1.54, 1.807) is 7.11 Å². The van der Waals surface area contributed by atoms with Gasteiger partial charge in [0.2, 0.25) is 11.8 Å². The van der Waals surface area contributed by atoms with Crippen LogP contribution in [0.15, 0.2) is 60.8 Å². The molecule has 0 unspecified atom stereocenters. The molecular formula is C36H46N2O4. The van der Waals surface area contributed by atoms with Gasteiger partial charge in [0.25, 0.3) is 0 Å². The Morgan fingerprint density at radius 2 is 1.71 bits per heavy atom. The van der Waals surface area contributed by atoms with E-state index < -0.39 is 0 Å². The molecule has 1 aromatic heterocycles. The molecule has 0 spiro atoms. The molecule has 2 aliphatic carbocycles. The number of aryl methyl sites for hydroxylation is 1. The quantitative estimate of drug-likeness (QED) is 0.285. The van der Waals surface area contributed by atoms with Crippen molar-refractivity contribution >= 4 is 11.6 Å². The number of hydrogen-bond donors (Lipinski definition) is 1. The summed E-state index contributed by atoms with van der Waals surface area (Å²) in [5, 5.41) is 10.1. The first kappa shape index (κ1) is 30.1. The minimum absolute atomic E-state index is 0.0372. The Bertz CT molecular complexity index is 1320. The summed E-state index contributed by atoms with van der Waals surface area (Å²) in [6.07, 6.45) is 9.00. The summed E-state index contributed by atoms with van der Waals surface area (Å²) in [6, 6.07) is 18.8. The Morgan fingerprint density at radius 1 is 0.952 bits per heavy atom. The van der Waals surface area contributed by atoms with Crippen molar-refractivity contribution in [2.45, 2.75) is 90.3 Å². The van der Waals surface area contributed by atoms with E-state index in [9.17, 15) is 9.90 Å². The van der Waals surface area contributed by atoms with Crippen LogP contribution >= 0.6 is 0 Å². The highest BCUT2D eigenvalue weighted by molar-refractivity contribution is 5.95. The topological polar surface area (TPSA) is 71.9 Å². The van der Waals surface area contributed by atoms with Crippen molar-refractivity contribution in [2.24, 2.45) is 11.8 Å². The van der Waals surface area contributed by atoms with Crippen molar-refractivity contribution in [3.05, 3.63) is 71.9 Å². The number of aliphatic hydroxyl groups is 1. The highest BCUT2D eigenvalue weighted by Gasteiger charge is 2.32. The number of carbonyl (C=O) groups is 1. The monoisotopic (exact) mass is 570 g/mol. The fourth-order valence-corrected chi connectivity index (χ4v) is 6.67. The Balaban J connectivity index is 1.33. The number of amides is 1. The van der Waals surface area contributed by atoms with E-state index in [1.165, 1.54) is 11.1 Å². The summed E-state index contributed by atoms with van der Waals surface area (Å²) in [5.74, 6) is 2.72. The number of pyridine rings is 1. The highest BCUT2D eigenvalue weighted by Crippen LogP contribution is 2.39. The number of ether oxygens (including phenoxy) is 2. The van der Waals surface area contributed by atoms with Crippen molar-refractivity contribution < 1.29 is 19.4 Å². The predicted molar refractivity (Wildman–Crippen MR) is 168 cm³/mol. The zero-order chi connectivity index (χ0) is 29.6. The van der Waals surface area contributed by atoms with Crippen LogP contribution < -0.4 is 14.4 Å². The van der Waals surface area contributed by atoms with Crippen LogP contribution in [0.4, 0.5) is 5.69 Å². The van der Waals surface area contributed by atoms with Crippen LogP contribution in [0, 0.1) is 18.8 Å². The summed E-state index contributed by atoms with van der Waals surface area (Å²) >= 11 is 0. The third-order valence-electron chi connectivity index (χ3n) is 9.07. The van der Waals surface area contributed by atoms with Gasteiger partial charge in [0, 0.05) is 36.0 Å². The second kappa shape index (κ2) is 13.7. The molecule has 2 aromatic carbocycles. The van der Waals surface area contributed by atoms with Crippen LogP contribution in [-0.2, 0) is 4.79 Å². The number of nitrogens with zero attached hydrogens (tertiary/aromatic N) is 2. The molecule has 3 aromatic rings. The molecule has 6 nitrogen and oxygen atoms in total. The van der Waals surface area contributed by atoms with Crippen molar-refractivity contribution in [3.8, 4) is 22.8 Å². The largest absolute Gasteiger partial charge is 0.496 e. The lowest BCUT2D eigenvalue weighted by molar-refractivity contribution is -0.124. The molecule has 0 aliphatic heterocycles. The summed E-state index contributed by atoms with van der Waals surface area (Å²) in [5.41, 5.74) is 5.55. The molecule has 2 saturated carbocycles. The number of hydrogen-bond acceptors (Lipinski definition) is 5. The van der Waals surface area contributed by atoms with Crippen LogP contribution in [0.25, 0.3) is 11.1 Å². The van der Waals surface area contributed by atoms with Gasteiger partial charge in [0.15, 0.2) is 0 Å². The number of aromatic nitrogens is 1.